The van der Waals surface area contributed by atoms with Crippen LogP contribution in [-0.2, 0) is 4.79 Å². The van der Waals surface area contributed by atoms with E-state index in [2.05, 4.69) is 54.1 Å². The number of nitrogens with zero attached hydrogens (tertiary/aromatic N) is 4. The van der Waals surface area contributed by atoms with Crippen LogP contribution in [0.15, 0.2) is 18.3 Å². The highest BCUT2D eigenvalue weighted by molar-refractivity contribution is 5.73. The highest BCUT2D eigenvalue weighted by atomic mass is 19.4. The Bertz CT molecular complexity index is 750. The van der Waals surface area contributed by atoms with Crippen LogP contribution >= 0.6 is 0 Å². The smallest absolute Gasteiger partial charge is 0.475 e. The molecule has 0 aliphatic carbocycles. The van der Waals surface area contributed by atoms with Gasteiger partial charge in [-0.25, -0.2) is 14.3 Å². The first-order valence-electron chi connectivity index (χ1n) is 8.45. The normalized spacial score (nSPS) is 16.6. The van der Waals surface area contributed by atoms with Crippen molar-refractivity contribution in [1.82, 2.24) is 19.5 Å². The molecule has 1 aliphatic rings. The van der Waals surface area contributed by atoms with E-state index in [0.29, 0.717) is 12.0 Å². The fraction of sp³-hybridized carbons (Fsp3) is 0.588. The number of aliphatic carboxylic acids is 1. The first-order chi connectivity index (χ1) is 12.1. The molecular formula is C17H23F3N4O2. The lowest BCUT2D eigenvalue weighted by atomic mass is 9.95. The zero-order chi connectivity index (χ0) is 19.5. The Hall–Kier alpha value is -2.16. The van der Waals surface area contributed by atoms with Crippen molar-refractivity contribution in [2.24, 2.45) is 0 Å². The highest BCUT2D eigenvalue weighted by Gasteiger charge is 2.38. The number of aromatic nitrogens is 3. The van der Waals surface area contributed by atoms with Gasteiger partial charge in [-0.15, -0.1) is 0 Å². The number of likely N-dealkylation sites (tertiary alicyclic amines) is 1. The lowest BCUT2D eigenvalue weighted by molar-refractivity contribution is -0.192. The van der Waals surface area contributed by atoms with Gasteiger partial charge in [-0.05, 0) is 58.3 Å². The summed E-state index contributed by atoms with van der Waals surface area (Å²) in [5.41, 5.74) is 2.19. The second kappa shape index (κ2) is 8.03. The monoisotopic (exact) mass is 372 g/mol. The maximum absolute atomic E-state index is 10.6. The summed E-state index contributed by atoms with van der Waals surface area (Å²) in [4.78, 5) is 16.1. The van der Waals surface area contributed by atoms with Crippen molar-refractivity contribution in [1.29, 1.82) is 0 Å². The Labute approximate surface area is 149 Å². The minimum Gasteiger partial charge on any atom is -0.475 e. The fourth-order valence-electron chi connectivity index (χ4n) is 2.85. The molecule has 2 aromatic heterocycles. The van der Waals surface area contributed by atoms with Crippen molar-refractivity contribution in [3.8, 4) is 0 Å². The maximum atomic E-state index is 10.6. The quantitative estimate of drug-likeness (QED) is 0.876. The fourth-order valence-corrected chi connectivity index (χ4v) is 2.85. The van der Waals surface area contributed by atoms with Gasteiger partial charge in [0.1, 0.15) is 0 Å². The number of pyridine rings is 1. The lowest BCUT2D eigenvalue weighted by Crippen LogP contribution is -2.38. The summed E-state index contributed by atoms with van der Waals surface area (Å²) in [5, 5.41) is 11.8. The van der Waals surface area contributed by atoms with E-state index in [1.807, 2.05) is 4.52 Å². The Kier molecular flexibility index (Phi) is 6.22. The van der Waals surface area contributed by atoms with Crippen LogP contribution in [0.4, 0.5) is 13.2 Å². The van der Waals surface area contributed by atoms with Gasteiger partial charge >= 0.3 is 12.1 Å². The number of halogens is 3. The molecule has 1 N–H and O–H groups in total. The second-order valence-corrected chi connectivity index (χ2v) is 6.69. The van der Waals surface area contributed by atoms with Gasteiger partial charge in [-0.2, -0.15) is 18.3 Å². The van der Waals surface area contributed by atoms with Crippen LogP contribution in [0.5, 0.6) is 0 Å². The number of piperidine rings is 1. The third-order valence-corrected chi connectivity index (χ3v) is 4.36. The van der Waals surface area contributed by atoms with E-state index >= 15 is 0 Å². The third-order valence-electron chi connectivity index (χ3n) is 4.36. The molecule has 2 aromatic rings. The van der Waals surface area contributed by atoms with E-state index in [1.54, 1.807) is 0 Å². The van der Waals surface area contributed by atoms with E-state index in [-0.39, 0.29) is 0 Å². The minimum atomic E-state index is -5.08. The number of hydrogen-bond donors (Lipinski definition) is 1. The van der Waals surface area contributed by atoms with Crippen molar-refractivity contribution in [2.75, 3.05) is 13.1 Å². The second-order valence-electron chi connectivity index (χ2n) is 6.69. The molecule has 0 spiro atoms. The molecule has 0 bridgehead atoms. The number of hydrogen-bond acceptors (Lipinski definition) is 4. The molecule has 0 atom stereocenters. The molecule has 26 heavy (non-hydrogen) atoms. The van der Waals surface area contributed by atoms with E-state index in [9.17, 15) is 13.2 Å². The molecule has 1 saturated heterocycles. The molecule has 0 unspecified atom stereocenters. The molecule has 0 aromatic carbocycles. The number of rotatable bonds is 2. The molecule has 0 amide bonds. The molecule has 6 nitrogen and oxygen atoms in total. The van der Waals surface area contributed by atoms with E-state index in [0.717, 1.165) is 24.6 Å². The summed E-state index contributed by atoms with van der Waals surface area (Å²) in [7, 11) is 0. The van der Waals surface area contributed by atoms with Crippen molar-refractivity contribution >= 4 is 11.6 Å². The summed E-state index contributed by atoms with van der Waals surface area (Å²) in [6, 6.07) is 4.79. The van der Waals surface area contributed by atoms with Crippen LogP contribution in [0.3, 0.4) is 0 Å². The van der Waals surface area contributed by atoms with Crippen LogP contribution in [0, 0.1) is 6.92 Å². The van der Waals surface area contributed by atoms with Gasteiger partial charge in [0.25, 0.3) is 0 Å². The first kappa shape index (κ1) is 20.2. The Balaban J connectivity index is 0.000000298. The van der Waals surface area contributed by atoms with Gasteiger partial charge in [0.2, 0.25) is 0 Å². The lowest BCUT2D eigenvalue weighted by Gasteiger charge is -2.33. The maximum Gasteiger partial charge on any atom is 0.490 e. The van der Waals surface area contributed by atoms with Crippen LogP contribution in [0.25, 0.3) is 5.65 Å². The molecule has 3 heterocycles. The number of carboxylic acids is 1. The topological polar surface area (TPSA) is 70.7 Å². The largest absolute Gasteiger partial charge is 0.490 e. The number of alkyl halides is 3. The van der Waals surface area contributed by atoms with Gasteiger partial charge in [-0.1, -0.05) is 6.07 Å². The minimum absolute atomic E-state index is 0.523. The molecule has 3 rings (SSSR count). The van der Waals surface area contributed by atoms with Gasteiger partial charge in [-0.3, -0.25) is 0 Å². The Morgan fingerprint density at radius 3 is 2.35 bits per heavy atom. The van der Waals surface area contributed by atoms with Crippen LogP contribution in [-0.4, -0.2) is 55.9 Å². The van der Waals surface area contributed by atoms with Gasteiger partial charge < -0.3 is 10.0 Å². The zero-order valence-corrected chi connectivity index (χ0v) is 15.0. The summed E-state index contributed by atoms with van der Waals surface area (Å²) >= 11 is 0. The SMILES string of the molecule is Cc1ccc2nc(C3CCN(C(C)C)CC3)nn2c1.O=C(O)C(F)(F)F. The molecule has 1 aliphatic heterocycles. The molecule has 144 valence electrons. The molecular weight excluding hydrogens is 349 g/mol. The molecule has 9 heteroatoms. The molecule has 1 fully saturated rings. The van der Waals surface area contributed by atoms with Crippen molar-refractivity contribution in [2.45, 2.75) is 51.7 Å². The predicted octanol–water partition coefficient (Wildman–Crippen LogP) is 3.26. The average Bonchev–Trinajstić information content (AvgIpc) is 2.97. The summed E-state index contributed by atoms with van der Waals surface area (Å²) in [5.74, 6) is -1.21. The molecule has 0 radical (unpaired) electrons. The van der Waals surface area contributed by atoms with Crippen molar-refractivity contribution in [3.63, 3.8) is 0 Å². The van der Waals surface area contributed by atoms with Gasteiger partial charge in [0, 0.05) is 18.2 Å². The summed E-state index contributed by atoms with van der Waals surface area (Å²) in [6.07, 6.45) is -0.683. The van der Waals surface area contributed by atoms with Crippen LogP contribution < -0.4 is 0 Å². The van der Waals surface area contributed by atoms with Gasteiger partial charge in [0.05, 0.1) is 0 Å². The number of carboxylic acid groups (broad SMARTS) is 1. The number of carbonyl (C=O) groups is 1. The zero-order valence-electron chi connectivity index (χ0n) is 15.0. The Morgan fingerprint density at radius 1 is 1.27 bits per heavy atom. The van der Waals surface area contributed by atoms with E-state index in [1.165, 1.54) is 18.4 Å². The van der Waals surface area contributed by atoms with Crippen molar-refractivity contribution < 1.29 is 23.1 Å². The Morgan fingerprint density at radius 2 is 1.85 bits per heavy atom. The first-order valence-corrected chi connectivity index (χ1v) is 8.45. The molecule has 0 saturated carbocycles. The summed E-state index contributed by atoms with van der Waals surface area (Å²) in [6.45, 7) is 8.95. The predicted molar refractivity (Wildman–Crippen MR) is 90.1 cm³/mol. The van der Waals surface area contributed by atoms with E-state index in [4.69, 9.17) is 9.90 Å². The number of aryl methyl sites for hydroxylation is 1. The summed E-state index contributed by atoms with van der Waals surface area (Å²) < 4.78 is 33.7. The van der Waals surface area contributed by atoms with Crippen LogP contribution in [0.1, 0.15) is 44.0 Å². The van der Waals surface area contributed by atoms with Gasteiger partial charge in [0.15, 0.2) is 11.5 Å². The standard InChI is InChI=1S/C15H22N4.C2HF3O2/c1-11(2)18-8-6-13(7-9-18)15-16-14-5-4-12(3)10-19(14)17-15;3-2(4,5)1(6)7/h4-5,10-11,13H,6-9H2,1-3H3;(H,6,7). The highest BCUT2D eigenvalue weighted by Crippen LogP contribution is 2.26. The van der Waals surface area contributed by atoms with Crippen LogP contribution in [0.2, 0.25) is 0 Å². The number of fused-ring (bicyclic) bond motifs is 1. The van der Waals surface area contributed by atoms with E-state index < -0.39 is 12.1 Å². The third kappa shape index (κ3) is 5.17. The average molecular weight is 372 g/mol. The van der Waals surface area contributed by atoms with Crippen molar-refractivity contribution in [3.05, 3.63) is 29.7 Å².